The molecule has 0 heterocycles. The van der Waals surface area contributed by atoms with Crippen molar-refractivity contribution in [1.29, 1.82) is 0 Å². The Balaban J connectivity index is 3.12. The Morgan fingerprint density at radius 3 is 2.55 bits per heavy atom. The van der Waals surface area contributed by atoms with Crippen LogP contribution in [0, 0.1) is 10.1 Å². The summed E-state index contributed by atoms with van der Waals surface area (Å²) in [7, 11) is 0. The Bertz CT molecular complexity index is 523. The molecule has 1 rings (SSSR count). The third-order valence-corrected chi connectivity index (χ3v) is 2.72. The van der Waals surface area contributed by atoms with Gasteiger partial charge in [0.15, 0.2) is 0 Å². The van der Waals surface area contributed by atoms with Crippen LogP contribution >= 0.6 is 0 Å². The number of benzene rings is 1. The Labute approximate surface area is 117 Å². The molecule has 1 aromatic carbocycles. The summed E-state index contributed by atoms with van der Waals surface area (Å²) >= 11 is 0. The summed E-state index contributed by atoms with van der Waals surface area (Å²) in [5.74, 6) is -0.434. The third-order valence-electron chi connectivity index (χ3n) is 2.72. The van der Waals surface area contributed by atoms with Crippen LogP contribution in [0.5, 0.6) is 0 Å². The maximum Gasteiger partial charge on any atom is 0.270 e. The smallest absolute Gasteiger partial charge is 0.270 e. The number of amides is 1. The SMILES string of the molecule is CCN(CC(C)(C)O)C(=O)c1cc([N+](=O)[O-])ccc1N. The Kier molecular flexibility index (Phi) is 4.67. The molecule has 0 aliphatic carbocycles. The monoisotopic (exact) mass is 281 g/mol. The summed E-state index contributed by atoms with van der Waals surface area (Å²) in [6.45, 7) is 5.41. The van der Waals surface area contributed by atoms with Crippen molar-refractivity contribution in [2.75, 3.05) is 18.8 Å². The van der Waals surface area contributed by atoms with E-state index in [1.807, 2.05) is 0 Å². The predicted molar refractivity (Wildman–Crippen MR) is 75.4 cm³/mol. The van der Waals surface area contributed by atoms with Crippen molar-refractivity contribution in [3.63, 3.8) is 0 Å². The molecule has 0 saturated carbocycles. The van der Waals surface area contributed by atoms with E-state index in [-0.39, 0.29) is 23.5 Å². The number of rotatable bonds is 5. The number of carbonyl (C=O) groups is 1. The molecule has 0 aliphatic rings. The fraction of sp³-hybridized carbons (Fsp3) is 0.462. The van der Waals surface area contributed by atoms with Gasteiger partial charge in [-0.1, -0.05) is 0 Å². The van der Waals surface area contributed by atoms with Crippen LogP contribution < -0.4 is 5.73 Å². The average molecular weight is 281 g/mol. The van der Waals surface area contributed by atoms with Gasteiger partial charge in [-0.25, -0.2) is 0 Å². The molecule has 3 N–H and O–H groups in total. The molecule has 20 heavy (non-hydrogen) atoms. The number of hydrogen-bond donors (Lipinski definition) is 2. The lowest BCUT2D eigenvalue weighted by molar-refractivity contribution is -0.384. The zero-order valence-electron chi connectivity index (χ0n) is 11.8. The van der Waals surface area contributed by atoms with Gasteiger partial charge in [0.25, 0.3) is 11.6 Å². The highest BCUT2D eigenvalue weighted by atomic mass is 16.6. The van der Waals surface area contributed by atoms with Crippen LogP contribution in [0.25, 0.3) is 0 Å². The Morgan fingerprint density at radius 2 is 2.10 bits per heavy atom. The van der Waals surface area contributed by atoms with E-state index in [2.05, 4.69) is 0 Å². The van der Waals surface area contributed by atoms with Crippen molar-refractivity contribution in [3.05, 3.63) is 33.9 Å². The number of nitrogens with zero attached hydrogens (tertiary/aromatic N) is 2. The number of carbonyl (C=O) groups excluding carboxylic acids is 1. The maximum absolute atomic E-state index is 12.4. The molecular formula is C13H19N3O4. The molecule has 0 spiro atoms. The number of hydrogen-bond acceptors (Lipinski definition) is 5. The van der Waals surface area contributed by atoms with Gasteiger partial charge in [-0.15, -0.1) is 0 Å². The summed E-state index contributed by atoms with van der Waals surface area (Å²) in [6.07, 6.45) is 0. The lowest BCUT2D eigenvalue weighted by Crippen LogP contribution is -2.42. The molecule has 1 aromatic rings. The molecule has 1 amide bonds. The number of nitrogen functional groups attached to an aromatic ring is 1. The minimum absolute atomic E-state index is 0.0744. The highest BCUT2D eigenvalue weighted by molar-refractivity contribution is 5.99. The number of nitro benzene ring substituents is 1. The number of anilines is 1. The summed E-state index contributed by atoms with van der Waals surface area (Å²) in [5.41, 5.74) is 4.72. The van der Waals surface area contributed by atoms with Gasteiger partial charge in [-0.2, -0.15) is 0 Å². The van der Waals surface area contributed by atoms with Crippen molar-refractivity contribution in [1.82, 2.24) is 4.90 Å². The predicted octanol–water partition coefficient (Wildman–Crippen LogP) is 1.41. The van der Waals surface area contributed by atoms with E-state index in [1.54, 1.807) is 20.8 Å². The number of nitrogens with two attached hydrogens (primary N) is 1. The summed E-state index contributed by atoms with van der Waals surface area (Å²) < 4.78 is 0. The van der Waals surface area contributed by atoms with Crippen LogP contribution in [0.15, 0.2) is 18.2 Å². The van der Waals surface area contributed by atoms with Crippen LogP contribution in [-0.4, -0.2) is 39.5 Å². The van der Waals surface area contributed by atoms with Crippen molar-refractivity contribution >= 4 is 17.3 Å². The van der Waals surface area contributed by atoms with Gasteiger partial charge in [0, 0.05) is 30.9 Å². The van der Waals surface area contributed by atoms with Gasteiger partial charge in [0.2, 0.25) is 0 Å². The fourth-order valence-corrected chi connectivity index (χ4v) is 1.81. The quantitative estimate of drug-likeness (QED) is 0.481. The lowest BCUT2D eigenvalue weighted by atomic mass is 10.1. The number of nitro groups is 1. The molecular weight excluding hydrogens is 262 g/mol. The second-order valence-corrected chi connectivity index (χ2v) is 5.16. The lowest BCUT2D eigenvalue weighted by Gasteiger charge is -2.28. The van der Waals surface area contributed by atoms with Crippen LogP contribution in [0.3, 0.4) is 0 Å². The minimum atomic E-state index is -1.05. The highest BCUT2D eigenvalue weighted by Gasteiger charge is 2.24. The van der Waals surface area contributed by atoms with Gasteiger partial charge in [-0.05, 0) is 26.8 Å². The fourth-order valence-electron chi connectivity index (χ4n) is 1.81. The molecule has 0 unspecified atom stereocenters. The molecule has 0 aliphatic heterocycles. The van der Waals surface area contributed by atoms with Crippen molar-refractivity contribution in [2.24, 2.45) is 0 Å². The zero-order valence-corrected chi connectivity index (χ0v) is 11.8. The van der Waals surface area contributed by atoms with E-state index in [1.165, 1.54) is 17.0 Å². The Hall–Kier alpha value is -2.15. The summed E-state index contributed by atoms with van der Waals surface area (Å²) in [4.78, 5) is 23.9. The number of aliphatic hydroxyl groups is 1. The molecule has 0 radical (unpaired) electrons. The number of non-ortho nitro benzene ring substituents is 1. The van der Waals surface area contributed by atoms with Gasteiger partial charge in [-0.3, -0.25) is 14.9 Å². The summed E-state index contributed by atoms with van der Waals surface area (Å²) in [5, 5.41) is 20.5. The molecule has 0 saturated heterocycles. The van der Waals surface area contributed by atoms with E-state index >= 15 is 0 Å². The highest BCUT2D eigenvalue weighted by Crippen LogP contribution is 2.22. The average Bonchev–Trinajstić information content (AvgIpc) is 2.34. The van der Waals surface area contributed by atoms with Crippen LogP contribution in [0.4, 0.5) is 11.4 Å². The largest absolute Gasteiger partial charge is 0.398 e. The normalized spacial score (nSPS) is 11.2. The first kappa shape index (κ1) is 15.9. The second-order valence-electron chi connectivity index (χ2n) is 5.16. The maximum atomic E-state index is 12.4. The molecule has 7 heteroatoms. The third kappa shape index (κ3) is 3.92. The van der Waals surface area contributed by atoms with Gasteiger partial charge < -0.3 is 15.7 Å². The number of likely N-dealkylation sites (N-methyl/N-ethyl adjacent to an activating group) is 1. The topological polar surface area (TPSA) is 110 Å². The van der Waals surface area contributed by atoms with Gasteiger partial charge in [0.1, 0.15) is 0 Å². The van der Waals surface area contributed by atoms with E-state index in [9.17, 15) is 20.0 Å². The van der Waals surface area contributed by atoms with Gasteiger partial charge >= 0.3 is 0 Å². The molecule has 7 nitrogen and oxygen atoms in total. The molecule has 110 valence electrons. The van der Waals surface area contributed by atoms with Crippen LogP contribution in [0.1, 0.15) is 31.1 Å². The second kappa shape index (κ2) is 5.87. The Morgan fingerprint density at radius 1 is 1.50 bits per heavy atom. The summed E-state index contributed by atoms with van der Waals surface area (Å²) in [6, 6.07) is 3.74. The molecule has 0 atom stereocenters. The van der Waals surface area contributed by atoms with Crippen LogP contribution in [-0.2, 0) is 0 Å². The molecule has 0 fully saturated rings. The van der Waals surface area contributed by atoms with Crippen molar-refractivity contribution in [3.8, 4) is 0 Å². The first-order chi connectivity index (χ1) is 9.15. The molecule has 0 aromatic heterocycles. The van der Waals surface area contributed by atoms with E-state index in [0.29, 0.717) is 6.54 Å². The molecule has 0 bridgehead atoms. The standard InChI is InChI=1S/C13H19N3O4/c1-4-15(8-13(2,3)18)12(17)10-7-9(16(19)20)5-6-11(10)14/h5-7,18H,4,8,14H2,1-3H3. The van der Waals surface area contributed by atoms with Crippen LogP contribution in [0.2, 0.25) is 0 Å². The first-order valence-electron chi connectivity index (χ1n) is 6.21. The van der Waals surface area contributed by atoms with Crippen molar-refractivity contribution < 1.29 is 14.8 Å². The van der Waals surface area contributed by atoms with E-state index in [0.717, 1.165) is 6.07 Å². The zero-order chi connectivity index (χ0) is 15.5. The minimum Gasteiger partial charge on any atom is -0.398 e. The first-order valence-corrected chi connectivity index (χ1v) is 6.21. The van der Waals surface area contributed by atoms with E-state index in [4.69, 9.17) is 5.73 Å². The van der Waals surface area contributed by atoms with Crippen molar-refractivity contribution in [2.45, 2.75) is 26.4 Å². The van der Waals surface area contributed by atoms with E-state index < -0.39 is 16.4 Å². The van der Waals surface area contributed by atoms with Gasteiger partial charge in [0.05, 0.1) is 16.1 Å².